The molecule has 6 nitrogen and oxygen atoms in total. The molecular formula is C11H22N2O4. The van der Waals surface area contributed by atoms with E-state index in [2.05, 4.69) is 15.4 Å². The van der Waals surface area contributed by atoms with Crippen LogP contribution in [0.5, 0.6) is 0 Å². The van der Waals surface area contributed by atoms with Gasteiger partial charge in [-0.15, -0.1) is 0 Å². The van der Waals surface area contributed by atoms with Gasteiger partial charge in [0.15, 0.2) is 0 Å². The third kappa shape index (κ3) is 7.57. The summed E-state index contributed by atoms with van der Waals surface area (Å²) in [7, 11) is 1.31. The van der Waals surface area contributed by atoms with Crippen LogP contribution in [-0.4, -0.2) is 37.0 Å². The van der Waals surface area contributed by atoms with E-state index in [1.165, 1.54) is 7.11 Å². The molecule has 0 aliphatic rings. The third-order valence-electron chi connectivity index (χ3n) is 1.79. The van der Waals surface area contributed by atoms with Crippen LogP contribution < -0.4 is 10.6 Å². The number of hydrogen-bond acceptors (Lipinski definition) is 5. The molecule has 0 rings (SSSR count). The molecule has 0 fully saturated rings. The van der Waals surface area contributed by atoms with E-state index in [-0.39, 0.29) is 12.1 Å². The molecule has 2 atom stereocenters. The minimum absolute atomic E-state index is 0.386. The summed E-state index contributed by atoms with van der Waals surface area (Å²) in [6.45, 7) is 8.70. The highest BCUT2D eigenvalue weighted by molar-refractivity contribution is 5.75. The molecule has 0 heterocycles. The topological polar surface area (TPSA) is 76.7 Å². The molecule has 0 saturated carbocycles. The normalized spacial score (nSPS) is 14.7. The van der Waals surface area contributed by atoms with Crippen molar-refractivity contribution in [1.82, 2.24) is 10.6 Å². The van der Waals surface area contributed by atoms with Crippen LogP contribution in [0.1, 0.15) is 34.6 Å². The van der Waals surface area contributed by atoms with Gasteiger partial charge in [0.2, 0.25) is 0 Å². The lowest BCUT2D eigenvalue weighted by Gasteiger charge is -2.23. The number of esters is 1. The summed E-state index contributed by atoms with van der Waals surface area (Å²) in [5, 5.41) is 5.43. The number of hydrogen-bond donors (Lipinski definition) is 2. The van der Waals surface area contributed by atoms with Crippen molar-refractivity contribution >= 4 is 12.1 Å². The molecule has 17 heavy (non-hydrogen) atoms. The molecule has 0 aromatic carbocycles. The first-order chi connectivity index (χ1) is 7.65. The van der Waals surface area contributed by atoms with Crippen LogP contribution in [0.15, 0.2) is 0 Å². The molecule has 0 aromatic heterocycles. The number of carbonyl (C=O) groups excluding carboxylic acids is 2. The Morgan fingerprint density at radius 2 is 1.71 bits per heavy atom. The highest BCUT2D eigenvalue weighted by atomic mass is 16.6. The zero-order valence-corrected chi connectivity index (χ0v) is 11.3. The zero-order valence-electron chi connectivity index (χ0n) is 11.3. The molecule has 1 unspecified atom stereocenters. The van der Waals surface area contributed by atoms with E-state index in [0.29, 0.717) is 0 Å². The second-order valence-electron chi connectivity index (χ2n) is 4.78. The van der Waals surface area contributed by atoms with Crippen molar-refractivity contribution < 1.29 is 19.1 Å². The van der Waals surface area contributed by atoms with Gasteiger partial charge in [-0.2, -0.15) is 0 Å². The van der Waals surface area contributed by atoms with Crippen LogP contribution in [0.4, 0.5) is 4.79 Å². The van der Waals surface area contributed by atoms with Crippen molar-refractivity contribution in [3.63, 3.8) is 0 Å². The highest BCUT2D eigenvalue weighted by Gasteiger charge is 2.20. The summed E-state index contributed by atoms with van der Waals surface area (Å²) in [5.74, 6) is -0.386. The molecule has 100 valence electrons. The molecule has 0 aromatic rings. The van der Waals surface area contributed by atoms with Gasteiger partial charge < -0.3 is 14.8 Å². The Balaban J connectivity index is 4.06. The molecular weight excluding hydrogens is 224 g/mol. The quantitative estimate of drug-likeness (QED) is 0.572. The Morgan fingerprint density at radius 1 is 1.18 bits per heavy atom. The van der Waals surface area contributed by atoms with Crippen LogP contribution in [0, 0.1) is 0 Å². The molecule has 1 amide bonds. The van der Waals surface area contributed by atoms with Gasteiger partial charge in [0, 0.05) is 0 Å². The first kappa shape index (κ1) is 15.7. The molecule has 0 radical (unpaired) electrons. The molecule has 0 saturated heterocycles. The number of nitrogens with one attached hydrogen (secondary N) is 2. The Hall–Kier alpha value is -1.30. The van der Waals surface area contributed by atoms with E-state index >= 15 is 0 Å². The van der Waals surface area contributed by atoms with Crippen molar-refractivity contribution in [2.45, 2.75) is 52.4 Å². The Bertz CT molecular complexity index is 273. The maximum Gasteiger partial charge on any atom is 0.408 e. The van der Waals surface area contributed by atoms with Crippen molar-refractivity contribution in [2.75, 3.05) is 7.11 Å². The average Bonchev–Trinajstić information content (AvgIpc) is 2.12. The molecule has 0 spiro atoms. The number of ether oxygens (including phenoxy) is 2. The summed E-state index contributed by atoms with van der Waals surface area (Å²) >= 11 is 0. The lowest BCUT2D eigenvalue weighted by molar-refractivity contribution is -0.142. The summed E-state index contributed by atoms with van der Waals surface area (Å²) in [5.41, 5.74) is -0.544. The minimum atomic E-state index is -0.544. The first-order valence-electron chi connectivity index (χ1n) is 5.49. The minimum Gasteiger partial charge on any atom is -0.468 e. The van der Waals surface area contributed by atoms with E-state index in [0.717, 1.165) is 0 Å². The van der Waals surface area contributed by atoms with Gasteiger partial charge in [-0.25, -0.2) is 4.79 Å². The second kappa shape index (κ2) is 6.44. The van der Waals surface area contributed by atoms with Crippen molar-refractivity contribution in [1.29, 1.82) is 0 Å². The van der Waals surface area contributed by atoms with Crippen LogP contribution in [0.25, 0.3) is 0 Å². The van der Waals surface area contributed by atoms with E-state index in [4.69, 9.17) is 4.74 Å². The largest absolute Gasteiger partial charge is 0.468 e. The maximum absolute atomic E-state index is 11.4. The predicted molar refractivity (Wildman–Crippen MR) is 63.4 cm³/mol. The second-order valence-corrected chi connectivity index (χ2v) is 4.78. The van der Waals surface area contributed by atoms with E-state index in [1.807, 2.05) is 0 Å². The van der Waals surface area contributed by atoms with E-state index in [9.17, 15) is 9.59 Å². The molecule has 0 bridgehead atoms. The number of methoxy groups -OCH3 is 1. The fraction of sp³-hybridized carbons (Fsp3) is 0.818. The lowest BCUT2D eigenvalue weighted by Crippen LogP contribution is -2.50. The summed E-state index contributed by atoms with van der Waals surface area (Å²) in [6, 6.07) is -0.495. The van der Waals surface area contributed by atoms with Crippen molar-refractivity contribution in [3.8, 4) is 0 Å². The van der Waals surface area contributed by atoms with Gasteiger partial charge in [0.25, 0.3) is 0 Å². The van der Waals surface area contributed by atoms with Crippen molar-refractivity contribution in [2.24, 2.45) is 0 Å². The Kier molecular flexibility index (Phi) is 5.95. The third-order valence-corrected chi connectivity index (χ3v) is 1.79. The maximum atomic E-state index is 11.4. The highest BCUT2D eigenvalue weighted by Crippen LogP contribution is 2.06. The fourth-order valence-electron chi connectivity index (χ4n) is 1.15. The summed E-state index contributed by atoms with van der Waals surface area (Å²) < 4.78 is 9.62. The smallest absolute Gasteiger partial charge is 0.408 e. The van der Waals surface area contributed by atoms with Gasteiger partial charge in [0.1, 0.15) is 11.6 Å². The number of amides is 1. The lowest BCUT2D eigenvalue weighted by atomic mass is 10.2. The average molecular weight is 246 g/mol. The van der Waals surface area contributed by atoms with Crippen LogP contribution in [-0.2, 0) is 14.3 Å². The molecule has 6 heteroatoms. The monoisotopic (exact) mass is 246 g/mol. The summed E-state index contributed by atoms with van der Waals surface area (Å²) in [6.07, 6.45) is -0.923. The summed E-state index contributed by atoms with van der Waals surface area (Å²) in [4.78, 5) is 22.5. The van der Waals surface area contributed by atoms with Gasteiger partial charge in [-0.3, -0.25) is 10.1 Å². The standard InChI is InChI=1S/C11H22N2O4/c1-7(9(14)16-6)12-8(2)13-10(15)17-11(3,4)5/h7-8,12H,1-6H3,(H,13,15)/t7-,8?/m0/s1. The van der Waals surface area contributed by atoms with Gasteiger partial charge in [0.05, 0.1) is 13.3 Å². The SMILES string of the molecule is COC(=O)[C@H](C)NC(C)NC(=O)OC(C)(C)C. The van der Waals surface area contributed by atoms with Crippen molar-refractivity contribution in [3.05, 3.63) is 0 Å². The fourth-order valence-corrected chi connectivity index (χ4v) is 1.15. The Labute approximate surface area is 102 Å². The van der Waals surface area contributed by atoms with E-state index in [1.54, 1.807) is 34.6 Å². The number of alkyl carbamates (subject to hydrolysis) is 1. The van der Waals surface area contributed by atoms with Gasteiger partial charge in [-0.1, -0.05) is 0 Å². The number of carbonyl (C=O) groups is 2. The predicted octanol–water partition coefficient (Wildman–Crippen LogP) is 1.01. The van der Waals surface area contributed by atoms with Gasteiger partial charge >= 0.3 is 12.1 Å². The molecule has 2 N–H and O–H groups in total. The number of rotatable bonds is 4. The van der Waals surface area contributed by atoms with Crippen LogP contribution >= 0.6 is 0 Å². The molecule has 0 aliphatic heterocycles. The first-order valence-corrected chi connectivity index (χ1v) is 5.49. The Morgan fingerprint density at radius 3 is 2.12 bits per heavy atom. The van der Waals surface area contributed by atoms with E-state index < -0.39 is 17.7 Å². The zero-order chi connectivity index (χ0) is 13.6. The van der Waals surface area contributed by atoms with Crippen LogP contribution in [0.3, 0.4) is 0 Å². The van der Waals surface area contributed by atoms with Crippen LogP contribution in [0.2, 0.25) is 0 Å². The van der Waals surface area contributed by atoms with Gasteiger partial charge in [-0.05, 0) is 34.6 Å². The molecule has 0 aliphatic carbocycles.